The Morgan fingerprint density at radius 1 is 0.909 bits per heavy atom. The van der Waals surface area contributed by atoms with E-state index in [1.54, 1.807) is 7.11 Å². The van der Waals surface area contributed by atoms with Crippen molar-refractivity contribution in [3.05, 3.63) is 60.4 Å². The molecule has 0 bridgehead atoms. The molecule has 0 aliphatic carbocycles. The van der Waals surface area contributed by atoms with E-state index in [-0.39, 0.29) is 0 Å². The van der Waals surface area contributed by atoms with Crippen LogP contribution >= 0.6 is 0 Å². The molecule has 0 saturated carbocycles. The topological polar surface area (TPSA) is 84.0 Å². The maximum absolute atomic E-state index is 5.35. The summed E-state index contributed by atoms with van der Waals surface area (Å²) >= 11 is 0. The molecule has 3 heterocycles. The minimum Gasteiger partial charge on any atom is -0.497 e. The molecule has 1 aliphatic heterocycles. The summed E-state index contributed by atoms with van der Waals surface area (Å²) in [5.74, 6) is 2.75. The number of aromatic nitrogens is 5. The van der Waals surface area contributed by atoms with Gasteiger partial charge in [-0.2, -0.15) is 5.10 Å². The lowest BCUT2D eigenvalue weighted by molar-refractivity contribution is -0.383. The van der Waals surface area contributed by atoms with Gasteiger partial charge in [-0.25, -0.2) is 4.98 Å². The summed E-state index contributed by atoms with van der Waals surface area (Å²) in [6.45, 7) is 4.52. The highest BCUT2D eigenvalue weighted by molar-refractivity contribution is 5.97. The first kappa shape index (κ1) is 19.9. The number of nitrogens with one attached hydrogen (secondary N) is 3. The first-order chi connectivity index (χ1) is 16.2. The molecule has 3 N–H and O–H groups in total. The van der Waals surface area contributed by atoms with Gasteiger partial charge in [0.05, 0.1) is 29.9 Å². The van der Waals surface area contributed by atoms with Gasteiger partial charge in [-0.05, 0) is 80.0 Å². The minimum absolute atomic E-state index is 0.304. The van der Waals surface area contributed by atoms with Gasteiger partial charge in [0.15, 0.2) is 0 Å². The molecule has 6 rings (SSSR count). The second kappa shape index (κ2) is 8.01. The maximum Gasteiger partial charge on any atom is 0.306 e. The Morgan fingerprint density at radius 3 is 2.55 bits per heavy atom. The van der Waals surface area contributed by atoms with E-state index in [1.165, 1.54) is 12.8 Å². The van der Waals surface area contributed by atoms with Crippen molar-refractivity contribution in [1.29, 1.82) is 0 Å². The molecule has 1 unspecified atom stereocenters. The maximum atomic E-state index is 5.35. The summed E-state index contributed by atoms with van der Waals surface area (Å²) in [5.41, 5.74) is 4.05. The number of nitrogens with zero attached hydrogens (tertiary/aromatic N) is 3. The highest BCUT2D eigenvalue weighted by Crippen LogP contribution is 2.32. The van der Waals surface area contributed by atoms with Crippen molar-refractivity contribution in [2.24, 2.45) is 0 Å². The van der Waals surface area contributed by atoms with Crippen molar-refractivity contribution in [3.63, 3.8) is 0 Å². The summed E-state index contributed by atoms with van der Waals surface area (Å²) in [4.78, 5) is 5.99. The molecule has 0 radical (unpaired) electrons. The molecule has 1 aliphatic rings. The van der Waals surface area contributed by atoms with Gasteiger partial charge in [-0.3, -0.25) is 10.00 Å². The fourth-order valence-corrected chi connectivity index (χ4v) is 4.83. The minimum atomic E-state index is 0.304. The standard InChI is InChI=1S/C26H26N6O/c1-16(32-11-3-4-12-32)25-27-26(31-30-25)20-8-10-23-22(15-20)24(29-28-23)19-6-5-18-14-21(33-2)9-7-17(18)13-19/h5-10,13-16H,3-4,11-12H2,1-2H3,(H,28,29)(H,27,30,31)/p+1. The molecule has 33 heavy (non-hydrogen) atoms. The highest BCUT2D eigenvalue weighted by atomic mass is 16.5. The van der Waals surface area contributed by atoms with Crippen molar-refractivity contribution in [3.8, 4) is 28.4 Å². The molecule has 3 aromatic carbocycles. The SMILES string of the molecule is COc1ccc2cc(-c3n[nH]c4ccc(-c5n[nH]c(C(C)N6CCCC6)[nH+]5)cc34)ccc2c1. The fraction of sp³-hybridized carbons (Fsp3) is 0.269. The van der Waals surface area contributed by atoms with Gasteiger partial charge < -0.3 is 4.74 Å². The Labute approximate surface area is 191 Å². The number of likely N-dealkylation sites (tertiary alicyclic amines) is 1. The normalized spacial score (nSPS) is 15.5. The largest absolute Gasteiger partial charge is 0.497 e. The van der Waals surface area contributed by atoms with Gasteiger partial charge >= 0.3 is 5.82 Å². The van der Waals surface area contributed by atoms with Gasteiger partial charge in [0.1, 0.15) is 5.75 Å². The van der Waals surface area contributed by atoms with Gasteiger partial charge in [0.2, 0.25) is 5.82 Å². The smallest absolute Gasteiger partial charge is 0.306 e. The summed E-state index contributed by atoms with van der Waals surface area (Å²) in [7, 11) is 1.69. The summed E-state index contributed by atoms with van der Waals surface area (Å²) in [5, 5.41) is 19.0. The zero-order valence-corrected chi connectivity index (χ0v) is 18.9. The van der Waals surface area contributed by atoms with E-state index in [0.29, 0.717) is 6.04 Å². The molecular formula is C26H27N6O+. The summed E-state index contributed by atoms with van der Waals surface area (Å²) < 4.78 is 5.35. The van der Waals surface area contributed by atoms with Crippen molar-refractivity contribution >= 4 is 21.7 Å². The van der Waals surface area contributed by atoms with E-state index < -0.39 is 0 Å². The predicted molar refractivity (Wildman–Crippen MR) is 129 cm³/mol. The molecule has 0 amide bonds. The number of fused-ring (bicyclic) bond motifs is 2. The number of benzene rings is 3. The second-order valence-electron chi connectivity index (χ2n) is 8.79. The number of hydrogen-bond acceptors (Lipinski definition) is 4. The van der Waals surface area contributed by atoms with Gasteiger partial charge in [-0.1, -0.05) is 18.2 Å². The second-order valence-corrected chi connectivity index (χ2v) is 8.79. The average Bonchev–Trinajstić information content (AvgIpc) is 3.63. The number of methoxy groups -OCH3 is 1. The number of H-pyrrole nitrogens is 3. The molecule has 0 spiro atoms. The van der Waals surface area contributed by atoms with Crippen LogP contribution in [0.5, 0.6) is 5.75 Å². The molecule has 1 fully saturated rings. The molecule has 1 atom stereocenters. The Hall–Kier alpha value is -3.71. The average molecular weight is 440 g/mol. The Bertz CT molecular complexity index is 1450. The fourth-order valence-electron chi connectivity index (χ4n) is 4.83. The van der Waals surface area contributed by atoms with Crippen LogP contribution < -0.4 is 9.72 Å². The number of rotatable bonds is 5. The lowest BCUT2D eigenvalue weighted by Gasteiger charge is -2.18. The third-order valence-corrected chi connectivity index (χ3v) is 6.80. The zero-order chi connectivity index (χ0) is 22.4. The van der Waals surface area contributed by atoms with E-state index in [1.807, 2.05) is 12.1 Å². The molecular weight excluding hydrogens is 412 g/mol. The van der Waals surface area contributed by atoms with Crippen LogP contribution in [0.3, 0.4) is 0 Å². The molecule has 1 saturated heterocycles. The number of aromatic amines is 3. The van der Waals surface area contributed by atoms with Crippen molar-refractivity contribution in [2.75, 3.05) is 20.2 Å². The Morgan fingerprint density at radius 2 is 1.70 bits per heavy atom. The van der Waals surface area contributed by atoms with Crippen LogP contribution in [0.25, 0.3) is 44.3 Å². The first-order valence-electron chi connectivity index (χ1n) is 11.5. The van der Waals surface area contributed by atoms with Gasteiger partial charge in [0, 0.05) is 16.0 Å². The molecule has 7 heteroatoms. The number of hydrogen-bond donors (Lipinski definition) is 2. The molecule has 166 valence electrons. The Kier molecular flexibility index (Phi) is 4.84. The van der Waals surface area contributed by atoms with Crippen LogP contribution in [0.4, 0.5) is 0 Å². The third kappa shape index (κ3) is 3.54. The van der Waals surface area contributed by atoms with Crippen molar-refractivity contribution < 1.29 is 9.72 Å². The van der Waals surface area contributed by atoms with E-state index in [0.717, 1.165) is 69.0 Å². The first-order valence-corrected chi connectivity index (χ1v) is 11.5. The highest BCUT2D eigenvalue weighted by Gasteiger charge is 2.26. The Balaban J connectivity index is 1.36. The molecule has 2 aromatic heterocycles. The summed E-state index contributed by atoms with van der Waals surface area (Å²) in [6.07, 6.45) is 2.54. The quantitative estimate of drug-likeness (QED) is 0.414. The molecule has 7 nitrogen and oxygen atoms in total. The van der Waals surface area contributed by atoms with E-state index in [9.17, 15) is 0 Å². The third-order valence-electron chi connectivity index (χ3n) is 6.80. The lowest BCUT2D eigenvalue weighted by atomic mass is 10.0. The molecule has 5 aromatic rings. The predicted octanol–water partition coefficient (Wildman–Crippen LogP) is 4.75. The zero-order valence-electron chi connectivity index (χ0n) is 18.9. The van der Waals surface area contributed by atoms with E-state index in [4.69, 9.17) is 4.74 Å². The van der Waals surface area contributed by atoms with Gasteiger partial charge in [0.25, 0.3) is 0 Å². The van der Waals surface area contributed by atoms with Crippen LogP contribution in [0.1, 0.15) is 31.6 Å². The van der Waals surface area contributed by atoms with Crippen molar-refractivity contribution in [1.82, 2.24) is 25.3 Å². The van der Waals surface area contributed by atoms with Crippen LogP contribution in [0.15, 0.2) is 54.6 Å². The van der Waals surface area contributed by atoms with E-state index in [2.05, 4.69) is 79.7 Å². The van der Waals surface area contributed by atoms with Crippen LogP contribution in [-0.2, 0) is 0 Å². The van der Waals surface area contributed by atoms with Crippen LogP contribution in [0.2, 0.25) is 0 Å². The monoisotopic (exact) mass is 439 g/mol. The van der Waals surface area contributed by atoms with Crippen LogP contribution in [0, 0.1) is 0 Å². The number of ether oxygens (including phenoxy) is 1. The van der Waals surface area contributed by atoms with Gasteiger partial charge in [-0.15, -0.1) is 5.10 Å². The van der Waals surface area contributed by atoms with Crippen molar-refractivity contribution in [2.45, 2.75) is 25.8 Å². The van der Waals surface area contributed by atoms with Crippen LogP contribution in [-0.4, -0.2) is 45.5 Å². The lowest BCUT2D eigenvalue weighted by Crippen LogP contribution is -2.28. The van der Waals surface area contributed by atoms with E-state index >= 15 is 0 Å². The summed E-state index contributed by atoms with van der Waals surface area (Å²) in [6, 6.07) is 19.1.